The number of hydrogen-bond donors (Lipinski definition) is 3. The van der Waals surface area contributed by atoms with Gasteiger partial charge in [0, 0.05) is 6.07 Å². The molecule has 0 unspecified atom stereocenters. The summed E-state index contributed by atoms with van der Waals surface area (Å²) >= 11 is 1.20. The van der Waals surface area contributed by atoms with Crippen molar-refractivity contribution in [1.29, 1.82) is 0 Å². The molecule has 6 nitrogen and oxygen atoms in total. The van der Waals surface area contributed by atoms with Crippen LogP contribution < -0.4 is 10.1 Å². The highest BCUT2D eigenvalue weighted by Gasteiger charge is 2.24. The summed E-state index contributed by atoms with van der Waals surface area (Å²) in [7, 11) is 0. The van der Waals surface area contributed by atoms with Gasteiger partial charge < -0.3 is 20.3 Å². The molecule has 3 rings (SSSR count). The van der Waals surface area contributed by atoms with Crippen LogP contribution in [0.4, 0.5) is 5.69 Å². The molecule has 25 heavy (non-hydrogen) atoms. The molecule has 0 radical (unpaired) electrons. The van der Waals surface area contributed by atoms with Crippen LogP contribution >= 0.6 is 11.8 Å². The number of rotatable bonds is 4. The molecule has 2 aromatic rings. The van der Waals surface area contributed by atoms with Crippen LogP contribution in [0.1, 0.15) is 12.5 Å². The number of hydrogen-bond acceptors (Lipinski definition) is 6. The molecule has 0 bridgehead atoms. The van der Waals surface area contributed by atoms with Crippen molar-refractivity contribution in [2.75, 3.05) is 6.61 Å². The number of amides is 1. The van der Waals surface area contributed by atoms with Gasteiger partial charge in [-0.3, -0.25) is 4.79 Å². The molecular weight excluding hydrogens is 340 g/mol. The van der Waals surface area contributed by atoms with Gasteiger partial charge in [-0.05, 0) is 54.6 Å². The minimum absolute atomic E-state index is 0.0543. The molecule has 0 aliphatic carbocycles. The molecular formula is C18H16N2O4S. The molecule has 128 valence electrons. The summed E-state index contributed by atoms with van der Waals surface area (Å²) in [6.45, 7) is 2.26. The molecule has 0 saturated carbocycles. The lowest BCUT2D eigenvalue weighted by Gasteiger charge is -2.06. The first-order valence-corrected chi connectivity index (χ1v) is 8.41. The number of phenols is 2. The number of aromatic hydroxyl groups is 2. The Labute approximate surface area is 148 Å². The van der Waals surface area contributed by atoms with Gasteiger partial charge in [-0.25, -0.2) is 4.99 Å². The summed E-state index contributed by atoms with van der Waals surface area (Å²) in [5.74, 6) is 0.280. The molecule has 1 aliphatic heterocycles. The molecule has 1 amide bonds. The number of benzene rings is 2. The molecule has 0 atom stereocenters. The van der Waals surface area contributed by atoms with Crippen molar-refractivity contribution in [2.24, 2.45) is 4.99 Å². The summed E-state index contributed by atoms with van der Waals surface area (Å²) in [4.78, 5) is 16.9. The van der Waals surface area contributed by atoms with E-state index in [1.807, 2.05) is 6.92 Å². The zero-order valence-corrected chi connectivity index (χ0v) is 14.2. The van der Waals surface area contributed by atoms with Crippen LogP contribution in [-0.4, -0.2) is 27.9 Å². The van der Waals surface area contributed by atoms with Gasteiger partial charge in [0.15, 0.2) is 16.7 Å². The summed E-state index contributed by atoms with van der Waals surface area (Å²) in [6.07, 6.45) is 1.70. The number of phenolic OH excluding ortho intramolecular Hbond substituents is 2. The average molecular weight is 356 g/mol. The maximum absolute atomic E-state index is 12.1. The first kappa shape index (κ1) is 16.9. The molecule has 0 aromatic heterocycles. The second-order valence-electron chi connectivity index (χ2n) is 5.16. The Morgan fingerprint density at radius 3 is 2.84 bits per heavy atom. The van der Waals surface area contributed by atoms with Crippen LogP contribution in [0.3, 0.4) is 0 Å². The molecule has 1 heterocycles. The van der Waals surface area contributed by atoms with Gasteiger partial charge in [0.25, 0.3) is 5.91 Å². The van der Waals surface area contributed by atoms with E-state index >= 15 is 0 Å². The largest absolute Gasteiger partial charge is 0.508 e. The normalized spacial score (nSPS) is 17.1. The number of carbonyl (C=O) groups is 1. The van der Waals surface area contributed by atoms with Crippen molar-refractivity contribution >= 4 is 34.6 Å². The predicted molar refractivity (Wildman–Crippen MR) is 98.2 cm³/mol. The maximum Gasteiger partial charge on any atom is 0.264 e. The molecule has 7 heteroatoms. The third kappa shape index (κ3) is 4.13. The fraction of sp³-hybridized carbons (Fsp3) is 0.111. The average Bonchev–Trinajstić information content (AvgIpc) is 2.90. The number of nitrogens with zero attached hydrogens (tertiary/aromatic N) is 1. The van der Waals surface area contributed by atoms with E-state index in [1.54, 1.807) is 36.4 Å². The quantitative estimate of drug-likeness (QED) is 0.731. The number of thioether (sulfide) groups is 1. The lowest BCUT2D eigenvalue weighted by atomic mass is 10.2. The summed E-state index contributed by atoms with van der Waals surface area (Å²) < 4.78 is 5.35. The third-order valence-electron chi connectivity index (χ3n) is 3.29. The van der Waals surface area contributed by atoms with Gasteiger partial charge in [-0.2, -0.15) is 0 Å². The molecule has 1 fully saturated rings. The van der Waals surface area contributed by atoms with Crippen molar-refractivity contribution < 1.29 is 19.7 Å². The Bertz CT molecular complexity index is 877. The Balaban J connectivity index is 1.83. The van der Waals surface area contributed by atoms with Crippen LogP contribution in [0.25, 0.3) is 6.08 Å². The fourth-order valence-electron chi connectivity index (χ4n) is 2.20. The first-order valence-electron chi connectivity index (χ1n) is 7.59. The van der Waals surface area contributed by atoms with Gasteiger partial charge in [0.05, 0.1) is 17.2 Å². The molecule has 2 aromatic carbocycles. The minimum Gasteiger partial charge on any atom is -0.508 e. The van der Waals surface area contributed by atoms with Crippen LogP contribution in [0.15, 0.2) is 52.4 Å². The van der Waals surface area contributed by atoms with Crippen molar-refractivity contribution in [3.63, 3.8) is 0 Å². The highest BCUT2D eigenvalue weighted by molar-refractivity contribution is 8.18. The third-order valence-corrected chi connectivity index (χ3v) is 4.20. The monoisotopic (exact) mass is 356 g/mol. The summed E-state index contributed by atoms with van der Waals surface area (Å²) in [5, 5.41) is 22.3. The number of ether oxygens (including phenoxy) is 1. The van der Waals surface area contributed by atoms with E-state index in [9.17, 15) is 15.0 Å². The van der Waals surface area contributed by atoms with E-state index in [0.29, 0.717) is 28.1 Å². The van der Waals surface area contributed by atoms with Crippen molar-refractivity contribution in [3.8, 4) is 17.2 Å². The second kappa shape index (κ2) is 7.31. The van der Waals surface area contributed by atoms with Crippen LogP contribution in [-0.2, 0) is 4.79 Å². The van der Waals surface area contributed by atoms with E-state index < -0.39 is 0 Å². The summed E-state index contributed by atoms with van der Waals surface area (Å²) in [6, 6.07) is 11.4. The molecule has 1 saturated heterocycles. The topological polar surface area (TPSA) is 91.2 Å². The Morgan fingerprint density at radius 2 is 2.08 bits per heavy atom. The lowest BCUT2D eigenvalue weighted by molar-refractivity contribution is -0.115. The SMILES string of the molecule is CCOc1cc(/C=C2\SC(=Nc3cccc(O)c3)NC2=O)ccc1O. The zero-order valence-electron chi connectivity index (χ0n) is 13.4. The van der Waals surface area contributed by atoms with E-state index in [1.165, 1.54) is 23.9 Å². The zero-order chi connectivity index (χ0) is 17.8. The van der Waals surface area contributed by atoms with Crippen LogP contribution in [0, 0.1) is 0 Å². The molecule has 1 aliphatic rings. The van der Waals surface area contributed by atoms with E-state index in [-0.39, 0.29) is 17.4 Å². The molecule has 0 spiro atoms. The number of amidine groups is 1. The summed E-state index contributed by atoms with van der Waals surface area (Å²) in [5.41, 5.74) is 1.28. The predicted octanol–water partition coefficient (Wildman–Crippen LogP) is 3.39. The Hall–Kier alpha value is -2.93. The number of aliphatic imine (C=N–C) groups is 1. The fourth-order valence-corrected chi connectivity index (χ4v) is 3.05. The van der Waals surface area contributed by atoms with E-state index in [0.717, 1.165) is 5.56 Å². The van der Waals surface area contributed by atoms with Gasteiger partial charge in [0.2, 0.25) is 0 Å². The smallest absolute Gasteiger partial charge is 0.264 e. The van der Waals surface area contributed by atoms with E-state index in [4.69, 9.17) is 4.74 Å². The highest BCUT2D eigenvalue weighted by atomic mass is 32.2. The van der Waals surface area contributed by atoms with Crippen molar-refractivity contribution in [3.05, 3.63) is 52.9 Å². The Morgan fingerprint density at radius 1 is 1.24 bits per heavy atom. The van der Waals surface area contributed by atoms with Gasteiger partial charge >= 0.3 is 0 Å². The standard InChI is InChI=1S/C18H16N2O4S/c1-2-24-15-8-11(6-7-14(15)22)9-16-17(23)20-18(25-16)19-12-4-3-5-13(21)10-12/h3-10,21-22H,2H2,1H3,(H,19,20,23)/b16-9-. The van der Waals surface area contributed by atoms with Crippen LogP contribution in [0.2, 0.25) is 0 Å². The second-order valence-corrected chi connectivity index (χ2v) is 6.19. The van der Waals surface area contributed by atoms with Gasteiger partial charge in [-0.15, -0.1) is 0 Å². The number of carbonyl (C=O) groups excluding carboxylic acids is 1. The van der Waals surface area contributed by atoms with E-state index in [2.05, 4.69) is 10.3 Å². The first-order chi connectivity index (χ1) is 12.0. The Kier molecular flexibility index (Phi) is 4.95. The van der Waals surface area contributed by atoms with Crippen molar-refractivity contribution in [2.45, 2.75) is 6.92 Å². The lowest BCUT2D eigenvalue weighted by Crippen LogP contribution is -2.19. The van der Waals surface area contributed by atoms with Crippen LogP contribution in [0.5, 0.6) is 17.2 Å². The number of nitrogens with one attached hydrogen (secondary N) is 1. The van der Waals surface area contributed by atoms with Gasteiger partial charge in [-0.1, -0.05) is 12.1 Å². The minimum atomic E-state index is -0.255. The van der Waals surface area contributed by atoms with Gasteiger partial charge in [0.1, 0.15) is 5.75 Å². The maximum atomic E-state index is 12.1. The highest BCUT2D eigenvalue weighted by Crippen LogP contribution is 2.32. The molecule has 3 N–H and O–H groups in total. The van der Waals surface area contributed by atoms with Crippen molar-refractivity contribution in [1.82, 2.24) is 5.32 Å².